The summed E-state index contributed by atoms with van der Waals surface area (Å²) >= 11 is 0. The van der Waals surface area contributed by atoms with Crippen LogP contribution in [0.15, 0.2) is 75.7 Å². The maximum absolute atomic E-state index is 6.52. The third kappa shape index (κ3) is 8.57. The molecule has 1 aliphatic heterocycles. The summed E-state index contributed by atoms with van der Waals surface area (Å²) in [5.41, 5.74) is 9.87. The molecule has 1 atom stereocenters. The smallest absolute Gasteiger partial charge is 0.130 e. The number of rotatable bonds is 12. The van der Waals surface area contributed by atoms with E-state index in [2.05, 4.69) is 108 Å². The van der Waals surface area contributed by atoms with E-state index in [4.69, 9.17) is 9.73 Å². The van der Waals surface area contributed by atoms with E-state index in [1.54, 1.807) is 5.57 Å². The van der Waals surface area contributed by atoms with Gasteiger partial charge < -0.3 is 15.0 Å². The Morgan fingerprint density at radius 2 is 1.80 bits per heavy atom. The van der Waals surface area contributed by atoms with Crippen LogP contribution in [0.2, 0.25) is 0 Å². The van der Waals surface area contributed by atoms with Crippen LogP contribution in [0.25, 0.3) is 5.70 Å². The van der Waals surface area contributed by atoms with Crippen molar-refractivity contribution in [3.8, 4) is 5.75 Å². The van der Waals surface area contributed by atoms with Gasteiger partial charge in [-0.3, -0.25) is 4.99 Å². The van der Waals surface area contributed by atoms with Crippen LogP contribution in [0, 0.1) is 12.8 Å². The second-order valence-electron chi connectivity index (χ2n) is 11.3. The molecule has 4 heteroatoms. The van der Waals surface area contributed by atoms with Gasteiger partial charge in [0, 0.05) is 49.6 Å². The van der Waals surface area contributed by atoms with E-state index in [1.807, 2.05) is 0 Å². The number of hydrogen-bond donors (Lipinski definition) is 1. The van der Waals surface area contributed by atoms with E-state index in [9.17, 15) is 0 Å². The van der Waals surface area contributed by atoms with Crippen LogP contribution < -0.4 is 10.1 Å². The Morgan fingerprint density at radius 1 is 1.07 bits per heavy atom. The molecule has 0 radical (unpaired) electrons. The predicted molar refractivity (Wildman–Crippen MR) is 174 cm³/mol. The molecule has 1 aromatic carbocycles. The lowest BCUT2D eigenvalue weighted by atomic mass is 9.88. The molecule has 0 spiro atoms. The summed E-state index contributed by atoms with van der Waals surface area (Å²) in [7, 11) is 0. The van der Waals surface area contributed by atoms with Crippen molar-refractivity contribution in [2.45, 2.75) is 93.9 Å². The van der Waals surface area contributed by atoms with Crippen molar-refractivity contribution in [3.05, 3.63) is 81.8 Å². The highest BCUT2D eigenvalue weighted by molar-refractivity contribution is 6.00. The molecule has 0 aromatic heterocycles. The van der Waals surface area contributed by atoms with Crippen LogP contribution in [0.5, 0.6) is 5.75 Å². The van der Waals surface area contributed by atoms with E-state index in [-0.39, 0.29) is 0 Å². The Hall–Kier alpha value is -2.85. The Kier molecular flexibility index (Phi) is 12.5. The molecule has 3 rings (SSSR count). The molecule has 1 unspecified atom stereocenters. The molecule has 1 heterocycles. The normalized spacial score (nSPS) is 18.6. The van der Waals surface area contributed by atoms with Gasteiger partial charge in [0.25, 0.3) is 0 Å². The van der Waals surface area contributed by atoms with Crippen LogP contribution in [0.1, 0.15) is 98.1 Å². The van der Waals surface area contributed by atoms with Gasteiger partial charge in [0.05, 0.1) is 5.70 Å². The molecule has 2 fully saturated rings. The third-order valence-electron chi connectivity index (χ3n) is 8.48. The van der Waals surface area contributed by atoms with Gasteiger partial charge in [-0.15, -0.1) is 0 Å². The Balaban J connectivity index is 2.07. The van der Waals surface area contributed by atoms with Crippen molar-refractivity contribution < 1.29 is 4.74 Å². The minimum atomic E-state index is 0.348. The van der Waals surface area contributed by atoms with Crippen LogP contribution in [-0.4, -0.2) is 36.8 Å². The van der Waals surface area contributed by atoms with Gasteiger partial charge in [-0.05, 0) is 107 Å². The molecule has 4 nitrogen and oxygen atoms in total. The number of hydrogen-bond acceptors (Lipinski definition) is 4. The van der Waals surface area contributed by atoms with Crippen LogP contribution in [0.4, 0.5) is 0 Å². The fourth-order valence-corrected chi connectivity index (χ4v) is 5.03. The number of aryl methyl sites for hydroxylation is 1. The summed E-state index contributed by atoms with van der Waals surface area (Å²) in [6.45, 7) is 21.7. The van der Waals surface area contributed by atoms with Gasteiger partial charge in [0.1, 0.15) is 11.5 Å². The predicted octanol–water partition coefficient (Wildman–Crippen LogP) is 9.16. The average Bonchev–Trinajstić information content (AvgIpc) is 2.94. The first-order chi connectivity index (χ1) is 19.3. The van der Waals surface area contributed by atoms with Crippen LogP contribution in [-0.2, 0) is 0 Å². The molecule has 2 aliphatic rings. The quantitative estimate of drug-likeness (QED) is 0.162. The van der Waals surface area contributed by atoms with Gasteiger partial charge in [-0.25, -0.2) is 0 Å². The van der Waals surface area contributed by atoms with E-state index >= 15 is 0 Å². The SMILES string of the molecule is C\C=C(/C=C\C(=N/C(=C\C(C)=C1CCC1)c1ccc(C)c(O/C(CC)=C(\C)CC)c1)C(C)CC)N1CCNCC1. The molecule has 1 aliphatic carbocycles. The molecular weight excluding hydrogens is 490 g/mol. The second kappa shape index (κ2) is 15.8. The lowest BCUT2D eigenvalue weighted by Gasteiger charge is -2.30. The van der Waals surface area contributed by atoms with Crippen LogP contribution in [0.3, 0.4) is 0 Å². The molecule has 1 saturated carbocycles. The monoisotopic (exact) mass is 543 g/mol. The summed E-state index contributed by atoms with van der Waals surface area (Å²) in [6, 6.07) is 6.57. The molecule has 218 valence electrons. The van der Waals surface area contributed by atoms with Crippen molar-refractivity contribution in [2.75, 3.05) is 26.2 Å². The molecule has 1 saturated heterocycles. The molecule has 1 aromatic rings. The first-order valence-corrected chi connectivity index (χ1v) is 15.6. The third-order valence-corrected chi connectivity index (χ3v) is 8.48. The minimum absolute atomic E-state index is 0.348. The molecular formula is C36H53N3O. The van der Waals surface area contributed by atoms with E-state index < -0.39 is 0 Å². The number of nitrogens with zero attached hydrogens (tertiary/aromatic N) is 2. The number of allylic oxidation sites excluding steroid dienone is 8. The largest absolute Gasteiger partial charge is 0.462 e. The van der Waals surface area contributed by atoms with Crippen LogP contribution >= 0.6 is 0 Å². The fraction of sp³-hybridized carbons (Fsp3) is 0.528. The highest BCUT2D eigenvalue weighted by Crippen LogP contribution is 2.33. The van der Waals surface area contributed by atoms with Gasteiger partial charge in [-0.1, -0.05) is 51.5 Å². The van der Waals surface area contributed by atoms with E-state index in [0.29, 0.717) is 5.92 Å². The lowest BCUT2D eigenvalue weighted by Crippen LogP contribution is -2.42. The van der Waals surface area contributed by atoms with Gasteiger partial charge in [0.15, 0.2) is 0 Å². The highest BCUT2D eigenvalue weighted by Gasteiger charge is 2.16. The van der Waals surface area contributed by atoms with Crippen molar-refractivity contribution in [2.24, 2.45) is 10.9 Å². The Labute approximate surface area is 244 Å². The number of piperazine rings is 1. The number of aliphatic imine (C=N–C) groups is 1. The second-order valence-corrected chi connectivity index (χ2v) is 11.3. The maximum Gasteiger partial charge on any atom is 0.130 e. The topological polar surface area (TPSA) is 36.9 Å². The summed E-state index contributed by atoms with van der Waals surface area (Å²) in [4.78, 5) is 7.86. The zero-order valence-corrected chi connectivity index (χ0v) is 26.5. The maximum atomic E-state index is 6.52. The average molecular weight is 544 g/mol. The van der Waals surface area contributed by atoms with E-state index in [1.165, 1.54) is 36.1 Å². The standard InChI is InChI=1S/C36H53N3O/c1-9-26(5)33(19-18-32(11-3)39-22-20-37-21-23-39)38-34(24-29(8)30-14-13-15-30)31-17-16-28(7)36(25-31)40-35(12-4)27(6)10-2/h11,16-19,24-26,37H,9-10,12-15,20-23H2,1-8H3/b19-18-,32-11+,34-24-,35-27+,38-33+. The first-order valence-electron chi connectivity index (χ1n) is 15.6. The molecule has 40 heavy (non-hydrogen) atoms. The van der Waals surface area contributed by atoms with Crippen molar-refractivity contribution in [3.63, 3.8) is 0 Å². The number of benzene rings is 1. The summed E-state index contributed by atoms with van der Waals surface area (Å²) < 4.78 is 6.52. The number of nitrogens with one attached hydrogen (secondary N) is 1. The van der Waals surface area contributed by atoms with Gasteiger partial charge >= 0.3 is 0 Å². The van der Waals surface area contributed by atoms with Gasteiger partial charge in [-0.2, -0.15) is 0 Å². The summed E-state index contributed by atoms with van der Waals surface area (Å²) in [5, 5.41) is 3.46. The van der Waals surface area contributed by atoms with Crippen molar-refractivity contribution >= 4 is 11.4 Å². The minimum Gasteiger partial charge on any atom is -0.462 e. The molecule has 0 amide bonds. The van der Waals surface area contributed by atoms with Crippen molar-refractivity contribution in [1.29, 1.82) is 0 Å². The fourth-order valence-electron chi connectivity index (χ4n) is 5.03. The molecule has 0 bridgehead atoms. The van der Waals surface area contributed by atoms with E-state index in [0.717, 1.165) is 79.5 Å². The van der Waals surface area contributed by atoms with Crippen molar-refractivity contribution in [1.82, 2.24) is 10.2 Å². The Bertz CT molecular complexity index is 1180. The zero-order valence-electron chi connectivity index (χ0n) is 26.5. The zero-order chi connectivity index (χ0) is 29.1. The summed E-state index contributed by atoms with van der Waals surface area (Å²) in [6.07, 6.45) is 15.7. The first kappa shape index (κ1) is 31.7. The van der Waals surface area contributed by atoms with Gasteiger partial charge in [0.2, 0.25) is 0 Å². The highest BCUT2D eigenvalue weighted by atomic mass is 16.5. The lowest BCUT2D eigenvalue weighted by molar-refractivity contribution is 0.307. The molecule has 1 N–H and O–H groups in total. The number of ether oxygens (including phenoxy) is 1. The Morgan fingerprint density at radius 3 is 2.38 bits per heavy atom. The summed E-state index contributed by atoms with van der Waals surface area (Å²) in [5.74, 6) is 2.34.